The molecule has 0 aliphatic carbocycles. The van der Waals surface area contributed by atoms with Crippen LogP contribution in [-0.2, 0) is 32.6 Å². The van der Waals surface area contributed by atoms with Gasteiger partial charge < -0.3 is 10.2 Å². The van der Waals surface area contributed by atoms with Crippen molar-refractivity contribution in [3.8, 4) is 0 Å². The van der Waals surface area contributed by atoms with E-state index >= 15 is 0 Å². The third kappa shape index (κ3) is 9.08. The molecule has 0 saturated heterocycles. The fourth-order valence-electron chi connectivity index (χ4n) is 4.33. The zero-order valence-electron chi connectivity index (χ0n) is 23.3. The number of anilines is 1. The maximum Gasteiger partial charge on any atom is 0.244 e. The first-order valence-corrected chi connectivity index (χ1v) is 15.8. The molecule has 3 aromatic carbocycles. The Labute approximate surface area is 250 Å². The van der Waals surface area contributed by atoms with Crippen LogP contribution in [0.5, 0.6) is 0 Å². The highest BCUT2D eigenvalue weighted by atomic mass is 79.9. The van der Waals surface area contributed by atoms with Crippen LogP contribution < -0.4 is 9.62 Å². The van der Waals surface area contributed by atoms with Gasteiger partial charge in [0.05, 0.1) is 11.9 Å². The Bertz CT molecular complexity index is 1460. The highest BCUT2D eigenvalue weighted by Crippen LogP contribution is 2.26. The lowest BCUT2D eigenvalue weighted by Gasteiger charge is -2.35. The van der Waals surface area contributed by atoms with Gasteiger partial charge in [0.2, 0.25) is 21.8 Å². The maximum absolute atomic E-state index is 14.1. The van der Waals surface area contributed by atoms with Crippen LogP contribution in [0.2, 0.25) is 5.02 Å². The summed E-state index contributed by atoms with van der Waals surface area (Å²) in [7, 11) is -3.86. The van der Waals surface area contributed by atoms with Gasteiger partial charge in [0.15, 0.2) is 0 Å². The number of benzene rings is 3. The van der Waals surface area contributed by atoms with Crippen LogP contribution in [0.15, 0.2) is 77.3 Å². The van der Waals surface area contributed by atoms with E-state index in [1.165, 1.54) is 4.90 Å². The summed E-state index contributed by atoms with van der Waals surface area (Å²) >= 11 is 9.59. The van der Waals surface area contributed by atoms with E-state index in [1.807, 2.05) is 75.4 Å². The van der Waals surface area contributed by atoms with Crippen LogP contribution in [0.25, 0.3) is 0 Å². The van der Waals surface area contributed by atoms with Crippen molar-refractivity contribution in [2.24, 2.45) is 0 Å². The van der Waals surface area contributed by atoms with Crippen molar-refractivity contribution in [1.82, 2.24) is 10.2 Å². The summed E-state index contributed by atoms with van der Waals surface area (Å²) in [5, 5.41) is 3.47. The van der Waals surface area contributed by atoms with Crippen molar-refractivity contribution in [3.05, 3.63) is 99.0 Å². The molecule has 0 bridgehead atoms. The lowest BCUT2D eigenvalue weighted by atomic mass is 10.0. The lowest BCUT2D eigenvalue weighted by molar-refractivity contribution is -0.140. The summed E-state index contributed by atoms with van der Waals surface area (Å²) < 4.78 is 27.8. The quantitative estimate of drug-likeness (QED) is 0.304. The van der Waals surface area contributed by atoms with Crippen molar-refractivity contribution in [3.63, 3.8) is 0 Å². The predicted octanol–water partition coefficient (Wildman–Crippen LogP) is 5.73. The molecule has 0 unspecified atom stereocenters. The third-order valence-electron chi connectivity index (χ3n) is 6.12. The smallest absolute Gasteiger partial charge is 0.244 e. The van der Waals surface area contributed by atoms with Gasteiger partial charge in [-0.3, -0.25) is 13.9 Å². The molecular weight excluding hydrogens is 614 g/mol. The molecule has 0 aliphatic heterocycles. The van der Waals surface area contributed by atoms with E-state index in [1.54, 1.807) is 25.1 Å². The fraction of sp³-hybridized carbons (Fsp3) is 0.333. The topological polar surface area (TPSA) is 86.8 Å². The van der Waals surface area contributed by atoms with E-state index in [9.17, 15) is 18.0 Å². The SMILES string of the molecule is Cc1cc(Cl)ccc1N(CC(=O)N(Cc1cccc(Br)c1)[C@@H](Cc1ccccc1)C(=O)NC(C)(C)C)S(C)(=O)=O. The number of sulfonamides is 1. The van der Waals surface area contributed by atoms with Crippen LogP contribution in [0.1, 0.15) is 37.5 Å². The van der Waals surface area contributed by atoms with Gasteiger partial charge in [0.25, 0.3) is 0 Å². The normalized spacial score (nSPS) is 12.5. The van der Waals surface area contributed by atoms with E-state index in [0.717, 1.165) is 26.2 Å². The van der Waals surface area contributed by atoms with Crippen molar-refractivity contribution in [2.45, 2.75) is 52.2 Å². The van der Waals surface area contributed by atoms with Crippen LogP contribution >= 0.6 is 27.5 Å². The molecule has 3 rings (SSSR count). The molecule has 7 nitrogen and oxygen atoms in total. The van der Waals surface area contributed by atoms with Crippen molar-refractivity contribution < 1.29 is 18.0 Å². The fourth-order valence-corrected chi connectivity index (χ4v) is 5.91. The minimum atomic E-state index is -3.86. The Kier molecular flexibility index (Phi) is 10.4. The molecule has 0 heterocycles. The molecule has 40 heavy (non-hydrogen) atoms. The molecule has 0 radical (unpaired) electrons. The number of rotatable bonds is 10. The van der Waals surface area contributed by atoms with E-state index in [4.69, 9.17) is 11.6 Å². The Morgan fingerprint density at radius 2 is 1.62 bits per heavy atom. The standard InChI is InChI=1S/C30H35BrClN3O4S/c1-21-16-25(32)14-15-26(21)35(40(5,38)39)20-28(36)34(19-23-12-9-13-24(31)17-23)27(29(37)33-30(2,3)4)18-22-10-7-6-8-11-22/h6-17,27H,18-20H2,1-5H3,(H,33,37)/t27-/m0/s1. The maximum atomic E-state index is 14.1. The number of nitrogens with one attached hydrogen (secondary N) is 1. The molecule has 214 valence electrons. The number of nitrogens with zero attached hydrogens (tertiary/aromatic N) is 2. The van der Waals surface area contributed by atoms with Crippen molar-refractivity contribution in [2.75, 3.05) is 17.1 Å². The number of aryl methyl sites for hydroxylation is 1. The molecule has 2 amide bonds. The zero-order chi connectivity index (χ0) is 29.7. The Morgan fingerprint density at radius 3 is 2.20 bits per heavy atom. The molecule has 0 aromatic heterocycles. The first kappa shape index (κ1) is 31.6. The summed E-state index contributed by atoms with van der Waals surface area (Å²) in [6.45, 7) is 6.98. The molecule has 0 saturated carbocycles. The van der Waals surface area contributed by atoms with Gasteiger partial charge in [-0.05, 0) is 74.7 Å². The second kappa shape index (κ2) is 13.2. The number of hydrogen-bond acceptors (Lipinski definition) is 4. The van der Waals surface area contributed by atoms with E-state index in [-0.39, 0.29) is 18.9 Å². The molecule has 1 N–H and O–H groups in total. The molecule has 0 aliphatic rings. The van der Waals surface area contributed by atoms with Gasteiger partial charge in [-0.25, -0.2) is 8.42 Å². The lowest BCUT2D eigenvalue weighted by Crippen LogP contribution is -2.56. The summed E-state index contributed by atoms with van der Waals surface area (Å²) in [4.78, 5) is 29.4. The average Bonchev–Trinajstić information content (AvgIpc) is 2.84. The number of amides is 2. The third-order valence-corrected chi connectivity index (χ3v) is 7.97. The van der Waals surface area contributed by atoms with Gasteiger partial charge in [0.1, 0.15) is 12.6 Å². The highest BCUT2D eigenvalue weighted by molar-refractivity contribution is 9.10. The van der Waals surface area contributed by atoms with Gasteiger partial charge in [-0.2, -0.15) is 0 Å². The van der Waals surface area contributed by atoms with Crippen LogP contribution in [0.3, 0.4) is 0 Å². The molecule has 0 fully saturated rings. The monoisotopic (exact) mass is 647 g/mol. The molecule has 1 atom stereocenters. The predicted molar refractivity (Wildman–Crippen MR) is 165 cm³/mol. The van der Waals surface area contributed by atoms with Gasteiger partial charge in [0, 0.05) is 28.0 Å². The van der Waals surface area contributed by atoms with Crippen LogP contribution in [-0.4, -0.2) is 49.5 Å². The molecule has 0 spiro atoms. The number of halogens is 2. The highest BCUT2D eigenvalue weighted by Gasteiger charge is 2.34. The molecule has 10 heteroatoms. The van der Waals surface area contributed by atoms with Gasteiger partial charge >= 0.3 is 0 Å². The Morgan fingerprint density at radius 1 is 0.975 bits per heavy atom. The van der Waals surface area contributed by atoms with Crippen LogP contribution in [0, 0.1) is 6.92 Å². The number of carbonyl (C=O) groups is 2. The van der Waals surface area contributed by atoms with Crippen molar-refractivity contribution in [1.29, 1.82) is 0 Å². The largest absolute Gasteiger partial charge is 0.350 e. The van der Waals surface area contributed by atoms with E-state index < -0.39 is 34.1 Å². The van der Waals surface area contributed by atoms with Gasteiger partial charge in [-0.15, -0.1) is 0 Å². The Balaban J connectivity index is 2.09. The minimum absolute atomic E-state index is 0.102. The van der Waals surface area contributed by atoms with Crippen molar-refractivity contribution >= 4 is 55.1 Å². The summed E-state index contributed by atoms with van der Waals surface area (Å²) in [6.07, 6.45) is 1.31. The Hall–Kier alpha value is -2.88. The van der Waals surface area contributed by atoms with Crippen LogP contribution in [0.4, 0.5) is 5.69 Å². The summed E-state index contributed by atoms with van der Waals surface area (Å²) in [6, 6.07) is 20.8. The van der Waals surface area contributed by atoms with E-state index in [0.29, 0.717) is 16.3 Å². The first-order valence-electron chi connectivity index (χ1n) is 12.8. The first-order chi connectivity index (χ1) is 18.6. The zero-order valence-corrected chi connectivity index (χ0v) is 26.5. The van der Waals surface area contributed by atoms with E-state index in [2.05, 4.69) is 21.2 Å². The minimum Gasteiger partial charge on any atom is -0.350 e. The second-order valence-corrected chi connectivity index (χ2v) is 14.1. The number of hydrogen-bond donors (Lipinski definition) is 1. The number of carbonyl (C=O) groups excluding carboxylic acids is 2. The second-order valence-electron chi connectivity index (χ2n) is 10.8. The molecule has 3 aromatic rings. The average molecular weight is 649 g/mol. The summed E-state index contributed by atoms with van der Waals surface area (Å²) in [5.41, 5.74) is 2.07. The molecular formula is C30H35BrClN3O4S. The van der Waals surface area contributed by atoms with Gasteiger partial charge in [-0.1, -0.05) is 70.0 Å². The summed E-state index contributed by atoms with van der Waals surface area (Å²) in [5.74, 6) is -0.835.